The summed E-state index contributed by atoms with van der Waals surface area (Å²) >= 11 is 0. The van der Waals surface area contributed by atoms with Crippen molar-refractivity contribution in [1.29, 1.82) is 0 Å². The Hall–Kier alpha value is -2.39. The number of furan rings is 1. The largest absolute Gasteiger partial charge is 0.440 e. The van der Waals surface area contributed by atoms with Crippen molar-refractivity contribution in [2.75, 3.05) is 6.54 Å². The van der Waals surface area contributed by atoms with Gasteiger partial charge in [-0.05, 0) is 32.4 Å². The molecule has 0 aliphatic carbocycles. The average Bonchev–Trinajstić information content (AvgIpc) is 3.27. The van der Waals surface area contributed by atoms with Crippen LogP contribution in [0.4, 0.5) is 0 Å². The highest BCUT2D eigenvalue weighted by Gasteiger charge is 2.21. The number of rotatable bonds is 7. The summed E-state index contributed by atoms with van der Waals surface area (Å²) in [7, 11) is -3.70. The monoisotopic (exact) mass is 350 g/mol. The first-order chi connectivity index (χ1) is 11.5. The van der Waals surface area contributed by atoms with E-state index in [-0.39, 0.29) is 5.09 Å². The zero-order valence-electron chi connectivity index (χ0n) is 13.4. The lowest BCUT2D eigenvalue weighted by Crippen LogP contribution is -2.25. The lowest BCUT2D eigenvalue weighted by atomic mass is 10.2. The fraction of sp³-hybridized carbons (Fsp3) is 0.333. The van der Waals surface area contributed by atoms with E-state index in [9.17, 15) is 8.42 Å². The van der Waals surface area contributed by atoms with Crippen LogP contribution in [0.3, 0.4) is 0 Å². The Morgan fingerprint density at radius 3 is 2.79 bits per heavy atom. The molecule has 3 rings (SSSR count). The van der Waals surface area contributed by atoms with Crippen LogP contribution in [0.25, 0.3) is 11.5 Å². The van der Waals surface area contributed by atoms with E-state index in [0.717, 1.165) is 11.3 Å². The number of hydrogen-bond acceptors (Lipinski definition) is 6. The van der Waals surface area contributed by atoms with E-state index >= 15 is 0 Å². The molecule has 0 aromatic carbocycles. The summed E-state index contributed by atoms with van der Waals surface area (Å²) < 4.78 is 39.5. The molecular weight excluding hydrogens is 332 g/mol. The molecule has 1 N–H and O–H groups in total. The van der Waals surface area contributed by atoms with Crippen molar-refractivity contribution in [2.45, 2.75) is 31.9 Å². The molecule has 0 fully saturated rings. The summed E-state index contributed by atoms with van der Waals surface area (Å²) in [4.78, 5) is 3.93. The zero-order valence-corrected chi connectivity index (χ0v) is 14.2. The van der Waals surface area contributed by atoms with Gasteiger partial charge in [0.1, 0.15) is 0 Å². The highest BCUT2D eigenvalue weighted by molar-refractivity contribution is 7.89. The van der Waals surface area contributed by atoms with Crippen LogP contribution in [-0.2, 0) is 16.6 Å². The fourth-order valence-corrected chi connectivity index (χ4v) is 3.19. The van der Waals surface area contributed by atoms with Gasteiger partial charge in [0.25, 0.3) is 10.0 Å². The van der Waals surface area contributed by atoms with E-state index in [1.807, 2.05) is 24.6 Å². The lowest BCUT2D eigenvalue weighted by molar-refractivity contribution is 0.397. The molecule has 0 saturated heterocycles. The number of hydrogen-bond donors (Lipinski definition) is 1. The second-order valence-electron chi connectivity index (χ2n) is 5.39. The molecule has 0 bridgehead atoms. The van der Waals surface area contributed by atoms with Crippen LogP contribution in [0.15, 0.2) is 44.9 Å². The minimum atomic E-state index is -3.70. The van der Waals surface area contributed by atoms with Crippen LogP contribution >= 0.6 is 0 Å². The maximum absolute atomic E-state index is 12.3. The normalized spacial score (nSPS) is 11.9. The Balaban J connectivity index is 1.63. The number of aryl methyl sites for hydroxylation is 2. The van der Waals surface area contributed by atoms with Crippen LogP contribution < -0.4 is 4.72 Å². The van der Waals surface area contributed by atoms with Crippen molar-refractivity contribution in [3.05, 3.63) is 42.1 Å². The molecule has 9 heteroatoms. The van der Waals surface area contributed by atoms with E-state index in [0.29, 0.717) is 31.0 Å². The van der Waals surface area contributed by atoms with Gasteiger partial charge in [0, 0.05) is 31.0 Å². The number of imidazole rings is 1. The minimum absolute atomic E-state index is 0.145. The SMILES string of the molecule is Cc1noc(-c2ccc(S(=O)(=O)NCCCn3ccnc3)o2)c1C. The van der Waals surface area contributed by atoms with Gasteiger partial charge in [-0.1, -0.05) is 5.16 Å². The van der Waals surface area contributed by atoms with E-state index in [1.165, 1.54) is 6.07 Å². The molecule has 0 aliphatic heterocycles. The van der Waals surface area contributed by atoms with E-state index in [2.05, 4.69) is 14.9 Å². The van der Waals surface area contributed by atoms with E-state index < -0.39 is 10.0 Å². The molecule has 0 spiro atoms. The first-order valence-electron chi connectivity index (χ1n) is 7.46. The molecular formula is C15H18N4O4S. The molecule has 8 nitrogen and oxygen atoms in total. The van der Waals surface area contributed by atoms with Crippen LogP contribution in [0.5, 0.6) is 0 Å². The van der Waals surface area contributed by atoms with Gasteiger partial charge < -0.3 is 13.5 Å². The summed E-state index contributed by atoms with van der Waals surface area (Å²) in [6, 6.07) is 2.97. The predicted octanol–water partition coefficient (Wildman–Crippen LogP) is 2.12. The molecule has 128 valence electrons. The zero-order chi connectivity index (χ0) is 17.2. The molecule has 0 aliphatic rings. The quantitative estimate of drug-likeness (QED) is 0.655. The summed E-state index contributed by atoms with van der Waals surface area (Å²) in [6.07, 6.45) is 5.84. The van der Waals surface area contributed by atoms with Crippen molar-refractivity contribution in [3.8, 4) is 11.5 Å². The maximum atomic E-state index is 12.3. The number of aromatic nitrogens is 3. The van der Waals surface area contributed by atoms with E-state index in [1.54, 1.807) is 18.6 Å². The van der Waals surface area contributed by atoms with Gasteiger partial charge in [0.2, 0.25) is 10.9 Å². The highest BCUT2D eigenvalue weighted by atomic mass is 32.2. The van der Waals surface area contributed by atoms with Gasteiger partial charge in [0.05, 0.1) is 12.0 Å². The molecule has 3 aromatic heterocycles. The van der Waals surface area contributed by atoms with Crippen LogP contribution in [0, 0.1) is 13.8 Å². The standard InChI is InChI=1S/C15H18N4O4S/c1-11-12(2)18-23-15(11)13-4-5-14(22-13)24(20,21)17-6-3-8-19-9-7-16-10-19/h4-5,7,9-10,17H,3,6,8H2,1-2H3. The molecule has 0 radical (unpaired) electrons. The molecule has 0 atom stereocenters. The van der Waals surface area contributed by atoms with Crippen LogP contribution in [0.1, 0.15) is 17.7 Å². The summed E-state index contributed by atoms with van der Waals surface area (Å²) in [5.74, 6) is 0.779. The topological polar surface area (TPSA) is 103 Å². The van der Waals surface area contributed by atoms with Gasteiger partial charge in [-0.15, -0.1) is 0 Å². The van der Waals surface area contributed by atoms with Crippen LogP contribution in [0.2, 0.25) is 0 Å². The Labute approximate surface area is 139 Å². The third-order valence-corrected chi connectivity index (χ3v) is 5.00. The number of sulfonamides is 1. The van der Waals surface area contributed by atoms with Crippen LogP contribution in [-0.4, -0.2) is 29.7 Å². The number of nitrogens with zero attached hydrogens (tertiary/aromatic N) is 3. The van der Waals surface area contributed by atoms with Crippen molar-refractivity contribution in [2.24, 2.45) is 0 Å². The van der Waals surface area contributed by atoms with E-state index in [4.69, 9.17) is 8.94 Å². The first-order valence-corrected chi connectivity index (χ1v) is 8.94. The molecule has 0 amide bonds. The van der Waals surface area contributed by atoms with Gasteiger partial charge in [0.15, 0.2) is 5.76 Å². The minimum Gasteiger partial charge on any atom is -0.440 e. The van der Waals surface area contributed by atoms with Crippen molar-refractivity contribution >= 4 is 10.0 Å². The smallest absolute Gasteiger partial charge is 0.273 e. The summed E-state index contributed by atoms with van der Waals surface area (Å²) in [6.45, 7) is 4.64. The molecule has 0 saturated carbocycles. The highest BCUT2D eigenvalue weighted by Crippen LogP contribution is 2.28. The third-order valence-electron chi connectivity index (χ3n) is 3.67. The van der Waals surface area contributed by atoms with Gasteiger partial charge in [-0.25, -0.2) is 18.1 Å². The maximum Gasteiger partial charge on any atom is 0.273 e. The van der Waals surface area contributed by atoms with Gasteiger partial charge in [-0.2, -0.15) is 0 Å². The fourth-order valence-electron chi connectivity index (χ4n) is 2.19. The number of nitrogens with one attached hydrogen (secondary N) is 1. The Morgan fingerprint density at radius 1 is 1.29 bits per heavy atom. The Kier molecular flexibility index (Phi) is 4.54. The second-order valence-corrected chi connectivity index (χ2v) is 7.09. The summed E-state index contributed by atoms with van der Waals surface area (Å²) in [5.41, 5.74) is 1.56. The van der Waals surface area contributed by atoms with Crippen molar-refractivity contribution in [3.63, 3.8) is 0 Å². The second kappa shape index (κ2) is 6.62. The molecule has 24 heavy (non-hydrogen) atoms. The van der Waals surface area contributed by atoms with Gasteiger partial charge in [-0.3, -0.25) is 0 Å². The Bertz CT molecular complexity index is 909. The Morgan fingerprint density at radius 2 is 2.12 bits per heavy atom. The first kappa shape index (κ1) is 16.5. The third kappa shape index (κ3) is 3.41. The summed E-state index contributed by atoms with van der Waals surface area (Å²) in [5, 5.41) is 3.70. The average molecular weight is 350 g/mol. The molecule has 0 unspecified atom stereocenters. The van der Waals surface area contributed by atoms with Crippen molar-refractivity contribution in [1.82, 2.24) is 19.4 Å². The van der Waals surface area contributed by atoms with Crippen molar-refractivity contribution < 1.29 is 17.4 Å². The van der Waals surface area contributed by atoms with Gasteiger partial charge >= 0.3 is 0 Å². The molecule has 3 aromatic rings. The predicted molar refractivity (Wildman–Crippen MR) is 85.7 cm³/mol. The molecule has 3 heterocycles. The lowest BCUT2D eigenvalue weighted by Gasteiger charge is -2.04.